The van der Waals surface area contributed by atoms with E-state index in [0.29, 0.717) is 6.07 Å². The van der Waals surface area contributed by atoms with E-state index in [-0.39, 0.29) is 0 Å². The van der Waals surface area contributed by atoms with Gasteiger partial charge in [0.15, 0.2) is 0 Å². The maximum absolute atomic E-state index is 12.8. The molecule has 9 heteroatoms. The molecule has 2 aromatic rings. The zero-order valence-corrected chi connectivity index (χ0v) is 13.6. The Hall–Kier alpha value is -1.09. The zero-order chi connectivity index (χ0) is 16.5. The van der Waals surface area contributed by atoms with Crippen LogP contribution in [0.3, 0.4) is 0 Å². The molecule has 0 aliphatic heterocycles. The van der Waals surface area contributed by atoms with Gasteiger partial charge in [0.05, 0.1) is 21.5 Å². The highest BCUT2D eigenvalue weighted by molar-refractivity contribution is 7.89. The topological polar surface area (TPSA) is 46.2 Å². The van der Waals surface area contributed by atoms with E-state index in [2.05, 4.69) is 4.72 Å². The van der Waals surface area contributed by atoms with E-state index in [1.165, 1.54) is 11.3 Å². The largest absolute Gasteiger partial charge is 0.417 e. The van der Waals surface area contributed by atoms with Crippen LogP contribution in [0.2, 0.25) is 5.02 Å². The standard InChI is InChI=1S/C13H11ClF3NO2S2/c1-8(12-3-2-6-21-12)18-22(19,20)9-4-5-11(14)10(7-9)13(15,16)17/h2-8,18H,1H3. The van der Waals surface area contributed by atoms with Crippen LogP contribution in [0.25, 0.3) is 0 Å². The normalized spacial score (nSPS) is 14.0. The van der Waals surface area contributed by atoms with E-state index < -0.39 is 37.7 Å². The van der Waals surface area contributed by atoms with Crippen molar-refractivity contribution in [3.63, 3.8) is 0 Å². The minimum atomic E-state index is -4.72. The van der Waals surface area contributed by atoms with Crippen LogP contribution in [0.4, 0.5) is 13.2 Å². The van der Waals surface area contributed by atoms with Crippen LogP contribution >= 0.6 is 22.9 Å². The molecule has 0 bridgehead atoms. The Labute approximate surface area is 134 Å². The zero-order valence-electron chi connectivity index (χ0n) is 11.2. The lowest BCUT2D eigenvalue weighted by Crippen LogP contribution is -2.26. The monoisotopic (exact) mass is 369 g/mol. The van der Waals surface area contributed by atoms with Gasteiger partial charge in [-0.25, -0.2) is 13.1 Å². The van der Waals surface area contributed by atoms with Crippen molar-refractivity contribution < 1.29 is 21.6 Å². The molecule has 1 unspecified atom stereocenters. The van der Waals surface area contributed by atoms with Gasteiger partial charge in [-0.05, 0) is 36.6 Å². The van der Waals surface area contributed by atoms with Crippen LogP contribution in [0.1, 0.15) is 23.4 Å². The Morgan fingerprint density at radius 3 is 2.50 bits per heavy atom. The van der Waals surface area contributed by atoms with Crippen LogP contribution in [0.15, 0.2) is 40.6 Å². The number of rotatable bonds is 4. The van der Waals surface area contributed by atoms with Crippen LogP contribution in [-0.2, 0) is 16.2 Å². The molecule has 3 nitrogen and oxygen atoms in total. The summed E-state index contributed by atoms with van der Waals surface area (Å²) in [5.74, 6) is 0. The van der Waals surface area contributed by atoms with E-state index in [9.17, 15) is 21.6 Å². The highest BCUT2D eigenvalue weighted by atomic mass is 35.5. The summed E-state index contributed by atoms with van der Waals surface area (Å²) in [5, 5.41) is 1.24. The Morgan fingerprint density at radius 2 is 1.95 bits per heavy atom. The Kier molecular flexibility index (Phi) is 4.86. The summed E-state index contributed by atoms with van der Waals surface area (Å²) >= 11 is 6.83. The summed E-state index contributed by atoms with van der Waals surface area (Å²) < 4.78 is 65.2. The van der Waals surface area contributed by atoms with E-state index in [1.807, 2.05) is 0 Å². The fourth-order valence-electron chi connectivity index (χ4n) is 1.79. The molecular weight excluding hydrogens is 359 g/mol. The quantitative estimate of drug-likeness (QED) is 0.864. The Balaban J connectivity index is 2.34. The SMILES string of the molecule is CC(NS(=O)(=O)c1ccc(Cl)c(C(F)(F)F)c1)c1cccs1. The third-order valence-corrected chi connectivity index (χ3v) is 5.78. The number of nitrogens with one attached hydrogen (secondary N) is 1. The van der Waals surface area contributed by atoms with Gasteiger partial charge in [-0.3, -0.25) is 0 Å². The summed E-state index contributed by atoms with van der Waals surface area (Å²) in [6, 6.07) is 5.45. The first kappa shape index (κ1) is 17.3. The summed E-state index contributed by atoms with van der Waals surface area (Å²) in [5.41, 5.74) is -1.18. The van der Waals surface area contributed by atoms with Gasteiger partial charge < -0.3 is 0 Å². The fraction of sp³-hybridized carbons (Fsp3) is 0.231. The maximum atomic E-state index is 12.8. The van der Waals surface area contributed by atoms with Gasteiger partial charge in [-0.15, -0.1) is 11.3 Å². The van der Waals surface area contributed by atoms with Gasteiger partial charge in [0, 0.05) is 4.88 Å². The lowest BCUT2D eigenvalue weighted by atomic mass is 10.2. The van der Waals surface area contributed by atoms with Crippen molar-refractivity contribution in [1.29, 1.82) is 0 Å². The van der Waals surface area contributed by atoms with E-state index in [4.69, 9.17) is 11.6 Å². The molecule has 1 heterocycles. The molecule has 0 saturated carbocycles. The number of halogens is 4. The molecule has 1 aromatic carbocycles. The highest BCUT2D eigenvalue weighted by Gasteiger charge is 2.34. The fourth-order valence-corrected chi connectivity index (χ4v) is 4.07. The number of benzene rings is 1. The molecule has 0 aliphatic rings. The van der Waals surface area contributed by atoms with Crippen molar-refractivity contribution in [2.75, 3.05) is 0 Å². The van der Waals surface area contributed by atoms with Gasteiger partial charge in [0.25, 0.3) is 0 Å². The van der Waals surface area contributed by atoms with Crippen molar-refractivity contribution in [3.05, 3.63) is 51.2 Å². The van der Waals surface area contributed by atoms with Crippen molar-refractivity contribution >= 4 is 33.0 Å². The first-order chi connectivity index (χ1) is 10.1. The maximum Gasteiger partial charge on any atom is 0.417 e. The molecular formula is C13H11ClF3NO2S2. The highest BCUT2D eigenvalue weighted by Crippen LogP contribution is 2.36. The minimum Gasteiger partial charge on any atom is -0.207 e. The van der Waals surface area contributed by atoms with Crippen LogP contribution in [0.5, 0.6) is 0 Å². The summed E-state index contributed by atoms with van der Waals surface area (Å²) in [7, 11) is -4.09. The first-order valence-electron chi connectivity index (χ1n) is 6.04. The van der Waals surface area contributed by atoms with E-state index in [0.717, 1.165) is 17.0 Å². The molecule has 1 aromatic heterocycles. The van der Waals surface area contributed by atoms with E-state index in [1.54, 1.807) is 24.4 Å². The summed E-state index contributed by atoms with van der Waals surface area (Å²) in [6.45, 7) is 1.62. The van der Waals surface area contributed by atoms with Crippen LogP contribution in [-0.4, -0.2) is 8.42 Å². The van der Waals surface area contributed by atoms with Gasteiger partial charge in [-0.2, -0.15) is 13.2 Å². The predicted molar refractivity (Wildman–Crippen MR) is 79.5 cm³/mol. The molecule has 0 radical (unpaired) electrons. The smallest absolute Gasteiger partial charge is 0.207 e. The average molecular weight is 370 g/mol. The minimum absolute atomic E-state index is 0.479. The number of hydrogen-bond acceptors (Lipinski definition) is 3. The van der Waals surface area contributed by atoms with Gasteiger partial charge in [0.1, 0.15) is 0 Å². The first-order valence-corrected chi connectivity index (χ1v) is 8.78. The lowest BCUT2D eigenvalue weighted by molar-refractivity contribution is -0.137. The van der Waals surface area contributed by atoms with Crippen LogP contribution in [0, 0.1) is 0 Å². The van der Waals surface area contributed by atoms with Crippen LogP contribution < -0.4 is 4.72 Å². The number of hydrogen-bond donors (Lipinski definition) is 1. The third kappa shape index (κ3) is 3.81. The lowest BCUT2D eigenvalue weighted by Gasteiger charge is -2.15. The second-order valence-corrected chi connectivity index (χ2v) is 7.60. The molecule has 120 valence electrons. The Bertz CT molecular complexity index is 758. The molecule has 0 spiro atoms. The molecule has 0 fully saturated rings. The average Bonchev–Trinajstić information content (AvgIpc) is 2.90. The predicted octanol–water partition coefficient (Wildman–Crippen LogP) is 4.46. The van der Waals surface area contributed by atoms with Gasteiger partial charge >= 0.3 is 6.18 Å². The molecule has 0 amide bonds. The number of alkyl halides is 3. The van der Waals surface area contributed by atoms with Crippen molar-refractivity contribution in [2.45, 2.75) is 24.0 Å². The Morgan fingerprint density at radius 1 is 1.27 bits per heavy atom. The molecule has 0 aliphatic carbocycles. The molecule has 22 heavy (non-hydrogen) atoms. The third-order valence-electron chi connectivity index (χ3n) is 2.86. The molecule has 0 saturated heterocycles. The van der Waals surface area contributed by atoms with Gasteiger partial charge in [-0.1, -0.05) is 17.7 Å². The van der Waals surface area contributed by atoms with Crippen molar-refractivity contribution in [2.24, 2.45) is 0 Å². The number of sulfonamides is 1. The second kappa shape index (κ2) is 6.19. The van der Waals surface area contributed by atoms with Gasteiger partial charge in [0.2, 0.25) is 10.0 Å². The van der Waals surface area contributed by atoms with E-state index >= 15 is 0 Å². The summed E-state index contributed by atoms with van der Waals surface area (Å²) in [6.07, 6.45) is -4.72. The van der Waals surface area contributed by atoms with Crippen molar-refractivity contribution in [3.8, 4) is 0 Å². The molecule has 2 rings (SSSR count). The molecule has 1 atom stereocenters. The molecule has 1 N–H and O–H groups in total. The number of thiophene rings is 1. The second-order valence-electron chi connectivity index (χ2n) is 4.50. The van der Waals surface area contributed by atoms with Crippen molar-refractivity contribution in [1.82, 2.24) is 4.72 Å². The summed E-state index contributed by atoms with van der Waals surface area (Å²) in [4.78, 5) is 0.279.